The van der Waals surface area contributed by atoms with Crippen molar-refractivity contribution >= 4 is 29.9 Å². The Morgan fingerprint density at radius 3 is 2.38 bits per heavy atom. The van der Waals surface area contributed by atoms with Crippen LogP contribution in [0.4, 0.5) is 5.69 Å². The maximum atomic E-state index is 12.7. The van der Waals surface area contributed by atoms with E-state index in [0.29, 0.717) is 41.5 Å². The number of nitrogens with two attached hydrogens (primary N) is 1. The van der Waals surface area contributed by atoms with Gasteiger partial charge in [-0.15, -0.1) is 12.4 Å². The molecule has 9 nitrogen and oxygen atoms in total. The second kappa shape index (κ2) is 13.6. The third-order valence-corrected chi connectivity index (χ3v) is 5.27. The van der Waals surface area contributed by atoms with Crippen molar-refractivity contribution < 1.29 is 23.7 Å². The first-order valence-corrected chi connectivity index (χ1v) is 11.0. The maximum Gasteiger partial charge on any atom is 0.332 e. The number of methoxy groups -OCH3 is 1. The van der Waals surface area contributed by atoms with E-state index < -0.39 is 12.0 Å². The molecule has 4 N–H and O–H groups in total. The average Bonchev–Trinajstić information content (AvgIpc) is 2.83. The van der Waals surface area contributed by atoms with Gasteiger partial charge >= 0.3 is 5.97 Å². The number of amidine groups is 1. The quantitative estimate of drug-likeness (QED) is 0.249. The molecule has 0 radical (unpaired) electrons. The van der Waals surface area contributed by atoms with Gasteiger partial charge < -0.3 is 30.0 Å². The zero-order chi connectivity index (χ0) is 23.6. The van der Waals surface area contributed by atoms with Gasteiger partial charge in [0.15, 0.2) is 6.04 Å². The average molecular weight is 493 g/mol. The lowest BCUT2D eigenvalue weighted by Crippen LogP contribution is -2.38. The number of nitrogens with zero attached hydrogens (tertiary/aromatic N) is 1. The number of halogens is 1. The highest BCUT2D eigenvalue weighted by Crippen LogP contribution is 2.30. The Balaban J connectivity index is 0.00000408. The van der Waals surface area contributed by atoms with Gasteiger partial charge in [0.25, 0.3) is 0 Å². The second-order valence-corrected chi connectivity index (χ2v) is 7.56. The van der Waals surface area contributed by atoms with Gasteiger partial charge in [-0.2, -0.15) is 0 Å². The third kappa shape index (κ3) is 7.79. The van der Waals surface area contributed by atoms with E-state index in [1.165, 1.54) is 7.11 Å². The first-order chi connectivity index (χ1) is 16.0. The summed E-state index contributed by atoms with van der Waals surface area (Å²) in [5, 5.41) is 10.7. The molecule has 0 amide bonds. The van der Waals surface area contributed by atoms with Crippen molar-refractivity contribution in [1.82, 2.24) is 4.90 Å². The Kier molecular flexibility index (Phi) is 10.9. The minimum absolute atomic E-state index is 0. The first-order valence-electron chi connectivity index (χ1n) is 11.0. The maximum absolute atomic E-state index is 12.7. The number of ether oxygens (including phenoxy) is 4. The van der Waals surface area contributed by atoms with E-state index in [1.54, 1.807) is 30.3 Å². The van der Waals surface area contributed by atoms with E-state index in [2.05, 4.69) is 10.2 Å². The number of anilines is 1. The molecular formula is C24H33ClN4O5. The Bertz CT molecular complexity index is 935. The molecule has 2 aromatic carbocycles. The summed E-state index contributed by atoms with van der Waals surface area (Å²) in [6, 6.07) is 11.6. The van der Waals surface area contributed by atoms with Crippen molar-refractivity contribution in [1.29, 1.82) is 5.41 Å². The number of morpholine rings is 1. The van der Waals surface area contributed by atoms with Gasteiger partial charge in [-0.25, -0.2) is 4.79 Å². The van der Waals surface area contributed by atoms with Gasteiger partial charge in [-0.3, -0.25) is 10.3 Å². The Hall–Kier alpha value is -3.01. The Morgan fingerprint density at radius 2 is 1.79 bits per heavy atom. The summed E-state index contributed by atoms with van der Waals surface area (Å²) < 4.78 is 22.2. The lowest BCUT2D eigenvalue weighted by atomic mass is 10.0. The van der Waals surface area contributed by atoms with E-state index >= 15 is 0 Å². The zero-order valence-corrected chi connectivity index (χ0v) is 20.4. The van der Waals surface area contributed by atoms with Crippen LogP contribution in [0.25, 0.3) is 0 Å². The number of carbonyl (C=O) groups excluding carboxylic acids is 1. The largest absolute Gasteiger partial charge is 0.494 e. The molecule has 10 heteroatoms. The normalized spacial score (nSPS) is 14.4. The van der Waals surface area contributed by atoms with Crippen molar-refractivity contribution in [2.75, 3.05) is 58.5 Å². The van der Waals surface area contributed by atoms with Crippen LogP contribution in [0.3, 0.4) is 0 Å². The van der Waals surface area contributed by atoms with Crippen molar-refractivity contribution in [2.45, 2.75) is 13.0 Å². The van der Waals surface area contributed by atoms with Gasteiger partial charge in [0, 0.05) is 37.0 Å². The second-order valence-electron chi connectivity index (χ2n) is 7.56. The molecule has 1 fully saturated rings. The monoisotopic (exact) mass is 492 g/mol. The summed E-state index contributed by atoms with van der Waals surface area (Å²) in [6.45, 7) is 6.96. The molecule has 1 aliphatic heterocycles. The van der Waals surface area contributed by atoms with Crippen LogP contribution in [-0.2, 0) is 14.3 Å². The molecule has 186 valence electrons. The SMILES string of the molecule is CCOc1cc(OCCN2CCOCC2)cc(C(Nc2ccc(C(=N)N)cc2)C(=O)OC)c1.Cl. The molecular weight excluding hydrogens is 460 g/mol. The Labute approximate surface area is 206 Å². The number of nitrogen functional groups attached to an aromatic ring is 1. The molecule has 0 bridgehead atoms. The van der Waals surface area contributed by atoms with Crippen LogP contribution < -0.4 is 20.5 Å². The molecule has 1 unspecified atom stereocenters. The van der Waals surface area contributed by atoms with E-state index in [4.69, 9.17) is 30.1 Å². The first kappa shape index (κ1) is 27.2. The van der Waals surface area contributed by atoms with Crippen molar-refractivity contribution in [3.05, 3.63) is 53.6 Å². The summed E-state index contributed by atoms with van der Waals surface area (Å²) in [6.07, 6.45) is 0. The van der Waals surface area contributed by atoms with Gasteiger partial charge in [-0.05, 0) is 48.9 Å². The van der Waals surface area contributed by atoms with Crippen LogP contribution in [0, 0.1) is 5.41 Å². The van der Waals surface area contributed by atoms with Gasteiger partial charge in [0.2, 0.25) is 0 Å². The summed E-state index contributed by atoms with van der Waals surface area (Å²) in [4.78, 5) is 14.9. The van der Waals surface area contributed by atoms with Crippen LogP contribution in [0.1, 0.15) is 24.1 Å². The Morgan fingerprint density at radius 1 is 1.15 bits per heavy atom. The van der Waals surface area contributed by atoms with E-state index in [0.717, 1.165) is 32.8 Å². The lowest BCUT2D eigenvalue weighted by molar-refractivity contribution is -0.141. The molecule has 3 rings (SSSR count). The lowest BCUT2D eigenvalue weighted by Gasteiger charge is -2.26. The van der Waals surface area contributed by atoms with Crippen LogP contribution in [0.15, 0.2) is 42.5 Å². The number of hydrogen-bond acceptors (Lipinski definition) is 8. The molecule has 0 saturated carbocycles. The molecule has 0 aliphatic carbocycles. The van der Waals surface area contributed by atoms with Gasteiger partial charge in [-0.1, -0.05) is 0 Å². The highest BCUT2D eigenvalue weighted by atomic mass is 35.5. The molecule has 1 atom stereocenters. The number of carbonyl (C=O) groups is 1. The van der Waals surface area contributed by atoms with Crippen molar-refractivity contribution in [3.8, 4) is 11.5 Å². The van der Waals surface area contributed by atoms with Gasteiger partial charge in [0.1, 0.15) is 23.9 Å². The minimum atomic E-state index is -0.778. The van der Waals surface area contributed by atoms with Crippen molar-refractivity contribution in [2.24, 2.45) is 5.73 Å². The predicted molar refractivity (Wildman–Crippen MR) is 133 cm³/mol. The molecule has 0 spiro atoms. The van der Waals surface area contributed by atoms with E-state index in [-0.39, 0.29) is 18.2 Å². The molecule has 1 aliphatic rings. The predicted octanol–water partition coefficient (Wildman–Crippen LogP) is 2.83. The van der Waals surface area contributed by atoms with Crippen LogP contribution in [-0.4, -0.2) is 69.9 Å². The standard InChI is InChI=1S/C24H32N4O5.ClH/c1-3-32-20-14-18(15-21(16-20)33-13-10-28-8-11-31-12-9-28)22(24(29)30-2)27-19-6-4-17(5-7-19)23(25)26;/h4-7,14-16,22,27H,3,8-13H2,1-2H3,(H3,25,26);1H. The molecule has 34 heavy (non-hydrogen) atoms. The summed E-state index contributed by atoms with van der Waals surface area (Å²) in [5.74, 6) is 0.763. The number of rotatable bonds is 11. The molecule has 1 saturated heterocycles. The van der Waals surface area contributed by atoms with E-state index in [9.17, 15) is 4.79 Å². The fourth-order valence-corrected chi connectivity index (χ4v) is 3.52. The number of esters is 1. The van der Waals surface area contributed by atoms with E-state index in [1.807, 2.05) is 19.1 Å². The smallest absolute Gasteiger partial charge is 0.332 e. The number of benzene rings is 2. The molecule has 2 aromatic rings. The fourth-order valence-electron chi connectivity index (χ4n) is 3.52. The topological polar surface area (TPSA) is 119 Å². The molecule has 0 aromatic heterocycles. The third-order valence-electron chi connectivity index (χ3n) is 5.27. The zero-order valence-electron chi connectivity index (χ0n) is 19.5. The number of hydrogen-bond donors (Lipinski definition) is 3. The highest BCUT2D eigenvalue weighted by molar-refractivity contribution is 5.95. The highest BCUT2D eigenvalue weighted by Gasteiger charge is 2.23. The van der Waals surface area contributed by atoms with Crippen molar-refractivity contribution in [3.63, 3.8) is 0 Å². The number of nitrogens with one attached hydrogen (secondary N) is 2. The van der Waals surface area contributed by atoms with Gasteiger partial charge in [0.05, 0.1) is 26.9 Å². The van der Waals surface area contributed by atoms with Crippen LogP contribution in [0.5, 0.6) is 11.5 Å². The van der Waals surface area contributed by atoms with Crippen LogP contribution >= 0.6 is 12.4 Å². The minimum Gasteiger partial charge on any atom is -0.494 e. The fraction of sp³-hybridized carbons (Fsp3) is 0.417. The summed E-state index contributed by atoms with van der Waals surface area (Å²) >= 11 is 0. The summed E-state index contributed by atoms with van der Waals surface area (Å²) in [5.41, 5.74) is 7.47. The van der Waals surface area contributed by atoms with Crippen LogP contribution in [0.2, 0.25) is 0 Å². The molecule has 1 heterocycles. The summed E-state index contributed by atoms with van der Waals surface area (Å²) in [7, 11) is 1.35.